The molecular weight excluding hydrogens is 214 g/mol. The molecule has 4 nitrogen and oxygen atoms in total. The first-order valence-corrected chi connectivity index (χ1v) is 5.86. The minimum Gasteiger partial charge on any atom is -0.387 e. The van der Waals surface area contributed by atoms with Gasteiger partial charge in [0.1, 0.15) is 0 Å². The molecule has 4 heteroatoms. The number of aliphatic hydroxyl groups is 1. The predicted octanol–water partition coefficient (Wildman–Crippen LogP) is 1.28. The van der Waals surface area contributed by atoms with Gasteiger partial charge in [0.25, 0.3) is 0 Å². The standard InChI is InChI=1S/C13H21N3O/c1-10(2)8-15-13(14)16-9-12(17)11-6-4-3-5-7-11/h3-7,10,12,17H,8-9H2,1-2H3,(H3,14,15,16). The van der Waals surface area contributed by atoms with Crippen molar-refractivity contribution in [1.29, 1.82) is 0 Å². The van der Waals surface area contributed by atoms with Crippen LogP contribution in [-0.4, -0.2) is 24.2 Å². The summed E-state index contributed by atoms with van der Waals surface area (Å²) < 4.78 is 0. The van der Waals surface area contributed by atoms with Gasteiger partial charge in [0, 0.05) is 13.1 Å². The molecule has 0 aliphatic heterocycles. The second kappa shape index (κ2) is 6.91. The summed E-state index contributed by atoms with van der Waals surface area (Å²) in [6.45, 7) is 5.23. The maximum absolute atomic E-state index is 9.87. The summed E-state index contributed by atoms with van der Waals surface area (Å²) in [6, 6.07) is 9.48. The molecule has 0 fully saturated rings. The Bertz CT molecular complexity index is 349. The number of nitrogens with one attached hydrogen (secondary N) is 1. The van der Waals surface area contributed by atoms with Crippen molar-refractivity contribution in [3.05, 3.63) is 35.9 Å². The lowest BCUT2D eigenvalue weighted by Gasteiger charge is -2.12. The maximum Gasteiger partial charge on any atom is 0.188 e. The van der Waals surface area contributed by atoms with Crippen LogP contribution in [0.25, 0.3) is 0 Å². The molecule has 17 heavy (non-hydrogen) atoms. The first kappa shape index (κ1) is 13.5. The molecule has 0 spiro atoms. The van der Waals surface area contributed by atoms with Gasteiger partial charge in [-0.1, -0.05) is 44.2 Å². The van der Waals surface area contributed by atoms with Gasteiger partial charge in [0.15, 0.2) is 5.96 Å². The predicted molar refractivity (Wildman–Crippen MR) is 70.7 cm³/mol. The SMILES string of the molecule is CC(C)CN=C(N)NCC(O)c1ccccc1. The Morgan fingerprint density at radius 1 is 1.35 bits per heavy atom. The summed E-state index contributed by atoms with van der Waals surface area (Å²) >= 11 is 0. The van der Waals surface area contributed by atoms with E-state index in [0.29, 0.717) is 25.0 Å². The summed E-state index contributed by atoms with van der Waals surface area (Å²) in [7, 11) is 0. The van der Waals surface area contributed by atoms with Crippen molar-refractivity contribution in [2.75, 3.05) is 13.1 Å². The summed E-state index contributed by atoms with van der Waals surface area (Å²) in [6.07, 6.45) is -0.566. The summed E-state index contributed by atoms with van der Waals surface area (Å²) in [5.74, 6) is 0.864. The van der Waals surface area contributed by atoms with Gasteiger partial charge in [-0.25, -0.2) is 0 Å². The number of rotatable bonds is 5. The van der Waals surface area contributed by atoms with E-state index in [4.69, 9.17) is 5.73 Å². The molecule has 0 amide bonds. The number of benzene rings is 1. The quantitative estimate of drug-likeness (QED) is 0.532. The van der Waals surface area contributed by atoms with E-state index in [1.807, 2.05) is 30.3 Å². The van der Waals surface area contributed by atoms with E-state index in [-0.39, 0.29) is 0 Å². The molecule has 1 unspecified atom stereocenters. The van der Waals surface area contributed by atoms with Crippen LogP contribution in [0.4, 0.5) is 0 Å². The van der Waals surface area contributed by atoms with Crippen molar-refractivity contribution >= 4 is 5.96 Å². The second-order valence-electron chi connectivity index (χ2n) is 4.43. The average molecular weight is 235 g/mol. The fraction of sp³-hybridized carbons (Fsp3) is 0.462. The Morgan fingerprint density at radius 2 is 2.00 bits per heavy atom. The van der Waals surface area contributed by atoms with E-state index < -0.39 is 6.10 Å². The van der Waals surface area contributed by atoms with Gasteiger partial charge in [0.2, 0.25) is 0 Å². The average Bonchev–Trinajstić information content (AvgIpc) is 2.34. The lowest BCUT2D eigenvalue weighted by Crippen LogP contribution is -2.35. The molecule has 94 valence electrons. The Morgan fingerprint density at radius 3 is 2.59 bits per heavy atom. The van der Waals surface area contributed by atoms with E-state index in [2.05, 4.69) is 24.2 Å². The zero-order chi connectivity index (χ0) is 12.7. The molecule has 0 saturated heterocycles. The van der Waals surface area contributed by atoms with E-state index in [9.17, 15) is 5.11 Å². The van der Waals surface area contributed by atoms with Gasteiger partial charge in [-0.05, 0) is 11.5 Å². The van der Waals surface area contributed by atoms with Crippen molar-refractivity contribution < 1.29 is 5.11 Å². The monoisotopic (exact) mass is 235 g/mol. The highest BCUT2D eigenvalue weighted by atomic mass is 16.3. The minimum atomic E-state index is -0.566. The van der Waals surface area contributed by atoms with Crippen LogP contribution in [0.3, 0.4) is 0 Å². The maximum atomic E-state index is 9.87. The Labute approximate surface area is 103 Å². The van der Waals surface area contributed by atoms with Crippen LogP contribution in [-0.2, 0) is 0 Å². The molecule has 1 aromatic carbocycles. The molecule has 1 atom stereocenters. The van der Waals surface area contributed by atoms with E-state index in [1.54, 1.807) is 0 Å². The van der Waals surface area contributed by atoms with Gasteiger partial charge >= 0.3 is 0 Å². The topological polar surface area (TPSA) is 70.6 Å². The normalized spacial score (nSPS) is 13.8. The first-order chi connectivity index (χ1) is 8.09. The van der Waals surface area contributed by atoms with E-state index >= 15 is 0 Å². The molecule has 0 aliphatic carbocycles. The number of guanidine groups is 1. The van der Waals surface area contributed by atoms with Crippen molar-refractivity contribution in [2.45, 2.75) is 20.0 Å². The molecule has 0 heterocycles. The highest BCUT2D eigenvalue weighted by molar-refractivity contribution is 5.77. The molecule has 0 saturated carbocycles. The third-order valence-corrected chi connectivity index (χ3v) is 2.29. The van der Waals surface area contributed by atoms with Gasteiger partial charge in [0.05, 0.1) is 6.10 Å². The fourth-order valence-corrected chi connectivity index (χ4v) is 1.33. The van der Waals surface area contributed by atoms with Crippen molar-refractivity contribution in [3.8, 4) is 0 Å². The van der Waals surface area contributed by atoms with Gasteiger partial charge in [-0.3, -0.25) is 4.99 Å². The molecular formula is C13H21N3O. The summed E-state index contributed by atoms with van der Waals surface area (Å²) in [5, 5.41) is 12.8. The molecule has 0 aromatic heterocycles. The molecule has 0 radical (unpaired) electrons. The zero-order valence-electron chi connectivity index (χ0n) is 10.4. The molecule has 4 N–H and O–H groups in total. The van der Waals surface area contributed by atoms with Crippen LogP contribution in [0.5, 0.6) is 0 Å². The van der Waals surface area contributed by atoms with Crippen LogP contribution in [0, 0.1) is 5.92 Å². The Hall–Kier alpha value is -1.55. The highest BCUT2D eigenvalue weighted by Crippen LogP contribution is 2.10. The number of hydrogen-bond acceptors (Lipinski definition) is 2. The van der Waals surface area contributed by atoms with Crippen LogP contribution in [0.1, 0.15) is 25.5 Å². The van der Waals surface area contributed by atoms with Crippen molar-refractivity contribution in [2.24, 2.45) is 16.6 Å². The van der Waals surface area contributed by atoms with Crippen LogP contribution in [0.15, 0.2) is 35.3 Å². The second-order valence-corrected chi connectivity index (χ2v) is 4.43. The summed E-state index contributed by atoms with van der Waals surface area (Å²) in [5.41, 5.74) is 6.55. The number of hydrogen-bond donors (Lipinski definition) is 3. The molecule has 0 bridgehead atoms. The van der Waals surface area contributed by atoms with Crippen LogP contribution in [0.2, 0.25) is 0 Å². The lowest BCUT2D eigenvalue weighted by molar-refractivity contribution is 0.181. The third kappa shape index (κ3) is 5.36. The fourth-order valence-electron chi connectivity index (χ4n) is 1.33. The minimum absolute atomic E-state index is 0.372. The Kier molecular flexibility index (Phi) is 5.49. The molecule has 0 aliphatic rings. The third-order valence-electron chi connectivity index (χ3n) is 2.29. The van der Waals surface area contributed by atoms with Gasteiger partial charge in [-0.2, -0.15) is 0 Å². The molecule has 1 rings (SSSR count). The molecule has 1 aromatic rings. The van der Waals surface area contributed by atoms with E-state index in [1.165, 1.54) is 0 Å². The Balaban J connectivity index is 2.38. The first-order valence-electron chi connectivity index (χ1n) is 5.86. The van der Waals surface area contributed by atoms with Crippen LogP contribution < -0.4 is 11.1 Å². The lowest BCUT2D eigenvalue weighted by atomic mass is 10.1. The number of nitrogens with zero attached hydrogens (tertiary/aromatic N) is 1. The van der Waals surface area contributed by atoms with E-state index in [0.717, 1.165) is 5.56 Å². The number of aliphatic hydroxyl groups excluding tert-OH is 1. The summed E-state index contributed by atoms with van der Waals surface area (Å²) in [4.78, 5) is 4.16. The largest absolute Gasteiger partial charge is 0.387 e. The smallest absolute Gasteiger partial charge is 0.188 e. The number of aliphatic imine (C=N–C) groups is 1. The number of nitrogens with two attached hydrogens (primary N) is 1. The van der Waals surface area contributed by atoms with Crippen molar-refractivity contribution in [3.63, 3.8) is 0 Å². The van der Waals surface area contributed by atoms with Crippen LogP contribution >= 0.6 is 0 Å². The highest BCUT2D eigenvalue weighted by Gasteiger charge is 2.06. The van der Waals surface area contributed by atoms with Gasteiger partial charge < -0.3 is 16.2 Å². The zero-order valence-corrected chi connectivity index (χ0v) is 10.4. The van der Waals surface area contributed by atoms with Gasteiger partial charge in [-0.15, -0.1) is 0 Å². The van der Waals surface area contributed by atoms with Crippen molar-refractivity contribution in [1.82, 2.24) is 5.32 Å².